The third-order valence-corrected chi connectivity index (χ3v) is 3.74. The SMILES string of the molecule is Cc1c[nH]c(=S)n1-c1ccc(N2CCOCC2)cc1. The van der Waals surface area contributed by atoms with Crippen molar-refractivity contribution in [2.45, 2.75) is 6.92 Å². The summed E-state index contributed by atoms with van der Waals surface area (Å²) in [5, 5.41) is 0. The molecule has 0 amide bonds. The van der Waals surface area contributed by atoms with Gasteiger partial charge in [0.1, 0.15) is 0 Å². The van der Waals surface area contributed by atoms with E-state index in [0.717, 1.165) is 42.5 Å². The van der Waals surface area contributed by atoms with Crippen LogP contribution in [0.2, 0.25) is 0 Å². The fourth-order valence-corrected chi connectivity index (χ4v) is 2.72. The number of hydrogen-bond acceptors (Lipinski definition) is 3. The van der Waals surface area contributed by atoms with Crippen molar-refractivity contribution < 1.29 is 4.74 Å². The highest BCUT2D eigenvalue weighted by atomic mass is 32.1. The first-order chi connectivity index (χ1) is 9.25. The maximum absolute atomic E-state index is 5.37. The van der Waals surface area contributed by atoms with E-state index in [4.69, 9.17) is 17.0 Å². The van der Waals surface area contributed by atoms with E-state index >= 15 is 0 Å². The highest BCUT2D eigenvalue weighted by Gasteiger charge is 2.11. The molecule has 4 nitrogen and oxygen atoms in total. The number of nitrogens with zero attached hydrogens (tertiary/aromatic N) is 2. The van der Waals surface area contributed by atoms with Gasteiger partial charge in [0.2, 0.25) is 0 Å². The minimum Gasteiger partial charge on any atom is -0.378 e. The van der Waals surface area contributed by atoms with E-state index in [2.05, 4.69) is 34.1 Å². The van der Waals surface area contributed by atoms with Gasteiger partial charge in [-0.15, -0.1) is 0 Å². The molecule has 0 saturated carbocycles. The smallest absolute Gasteiger partial charge is 0.182 e. The van der Waals surface area contributed by atoms with Crippen LogP contribution < -0.4 is 4.90 Å². The number of aromatic nitrogens is 2. The molecule has 1 saturated heterocycles. The van der Waals surface area contributed by atoms with Crippen molar-refractivity contribution in [3.8, 4) is 5.69 Å². The fraction of sp³-hybridized carbons (Fsp3) is 0.357. The lowest BCUT2D eigenvalue weighted by Crippen LogP contribution is -2.36. The number of ether oxygens (including phenoxy) is 1. The van der Waals surface area contributed by atoms with Crippen LogP contribution in [0.4, 0.5) is 5.69 Å². The van der Waals surface area contributed by atoms with Gasteiger partial charge in [-0.1, -0.05) is 0 Å². The molecular weight excluding hydrogens is 258 g/mol. The lowest BCUT2D eigenvalue weighted by Gasteiger charge is -2.29. The highest BCUT2D eigenvalue weighted by Crippen LogP contribution is 2.19. The Hall–Kier alpha value is -1.59. The van der Waals surface area contributed by atoms with Crippen LogP contribution in [0.25, 0.3) is 5.69 Å². The van der Waals surface area contributed by atoms with Crippen molar-refractivity contribution in [1.29, 1.82) is 0 Å². The number of anilines is 1. The van der Waals surface area contributed by atoms with E-state index in [-0.39, 0.29) is 0 Å². The molecule has 1 aromatic carbocycles. The number of rotatable bonds is 2. The summed E-state index contributed by atoms with van der Waals surface area (Å²) < 4.78 is 8.14. The molecule has 2 heterocycles. The van der Waals surface area contributed by atoms with Gasteiger partial charge >= 0.3 is 0 Å². The number of nitrogens with one attached hydrogen (secondary N) is 1. The van der Waals surface area contributed by atoms with Gasteiger partial charge < -0.3 is 14.6 Å². The Morgan fingerprint density at radius 2 is 1.74 bits per heavy atom. The number of H-pyrrole nitrogens is 1. The molecule has 0 bridgehead atoms. The van der Waals surface area contributed by atoms with Gasteiger partial charge in [0.15, 0.2) is 4.77 Å². The van der Waals surface area contributed by atoms with Gasteiger partial charge in [0.25, 0.3) is 0 Å². The number of morpholine rings is 1. The Morgan fingerprint density at radius 3 is 2.32 bits per heavy atom. The monoisotopic (exact) mass is 275 g/mol. The summed E-state index contributed by atoms with van der Waals surface area (Å²) in [6, 6.07) is 8.52. The topological polar surface area (TPSA) is 33.2 Å². The Balaban J connectivity index is 1.88. The van der Waals surface area contributed by atoms with E-state index in [1.807, 2.05) is 17.7 Å². The second kappa shape index (κ2) is 5.19. The van der Waals surface area contributed by atoms with Gasteiger partial charge in [0.05, 0.1) is 13.2 Å². The molecule has 0 atom stereocenters. The Labute approximate surface area is 117 Å². The first kappa shape index (κ1) is 12.4. The molecule has 1 aromatic heterocycles. The summed E-state index contributed by atoms with van der Waals surface area (Å²) in [5.41, 5.74) is 3.46. The van der Waals surface area contributed by atoms with Crippen LogP contribution in [0.1, 0.15) is 5.69 Å². The normalized spacial score (nSPS) is 15.7. The van der Waals surface area contributed by atoms with Crippen LogP contribution in [0.3, 0.4) is 0 Å². The first-order valence-electron chi connectivity index (χ1n) is 6.46. The molecule has 0 radical (unpaired) electrons. The summed E-state index contributed by atoms with van der Waals surface area (Å²) in [4.78, 5) is 5.41. The zero-order valence-corrected chi connectivity index (χ0v) is 11.7. The molecule has 19 heavy (non-hydrogen) atoms. The third-order valence-electron chi connectivity index (χ3n) is 3.44. The number of aryl methyl sites for hydroxylation is 1. The number of benzene rings is 1. The van der Waals surface area contributed by atoms with Crippen LogP contribution in [0.15, 0.2) is 30.5 Å². The van der Waals surface area contributed by atoms with Crippen molar-refractivity contribution in [2.24, 2.45) is 0 Å². The lowest BCUT2D eigenvalue weighted by molar-refractivity contribution is 0.122. The first-order valence-corrected chi connectivity index (χ1v) is 6.87. The van der Waals surface area contributed by atoms with E-state index in [0.29, 0.717) is 0 Å². The molecule has 1 aliphatic rings. The molecule has 2 aromatic rings. The summed E-state index contributed by atoms with van der Waals surface area (Å²) in [6.07, 6.45) is 1.93. The van der Waals surface area contributed by atoms with Crippen molar-refractivity contribution in [2.75, 3.05) is 31.2 Å². The zero-order chi connectivity index (χ0) is 13.2. The van der Waals surface area contributed by atoms with E-state index in [9.17, 15) is 0 Å². The van der Waals surface area contributed by atoms with E-state index < -0.39 is 0 Å². The van der Waals surface area contributed by atoms with Crippen LogP contribution in [0, 0.1) is 11.7 Å². The molecule has 0 unspecified atom stereocenters. The van der Waals surface area contributed by atoms with Gasteiger partial charge in [-0.3, -0.25) is 4.57 Å². The second-order valence-electron chi connectivity index (χ2n) is 4.69. The standard InChI is InChI=1S/C14H17N3OS/c1-11-10-15-14(19)17(11)13-4-2-12(3-5-13)16-6-8-18-9-7-16/h2-5,10H,6-9H2,1H3,(H,15,19). The summed E-state index contributed by atoms with van der Waals surface area (Å²) in [7, 11) is 0. The number of aromatic amines is 1. The lowest BCUT2D eigenvalue weighted by atomic mass is 10.2. The van der Waals surface area contributed by atoms with Crippen molar-refractivity contribution in [3.63, 3.8) is 0 Å². The summed E-state index contributed by atoms with van der Waals surface area (Å²) in [6.45, 7) is 5.58. The largest absolute Gasteiger partial charge is 0.378 e. The summed E-state index contributed by atoms with van der Waals surface area (Å²) >= 11 is 5.29. The van der Waals surface area contributed by atoms with Gasteiger partial charge in [-0.2, -0.15) is 0 Å². The third kappa shape index (κ3) is 2.43. The van der Waals surface area contributed by atoms with Gasteiger partial charge in [-0.05, 0) is 43.4 Å². The molecular formula is C14H17N3OS. The van der Waals surface area contributed by atoms with Crippen LogP contribution in [0.5, 0.6) is 0 Å². The maximum Gasteiger partial charge on any atom is 0.182 e. The van der Waals surface area contributed by atoms with Crippen LogP contribution in [-0.2, 0) is 4.74 Å². The van der Waals surface area contributed by atoms with Crippen LogP contribution in [-0.4, -0.2) is 35.9 Å². The highest BCUT2D eigenvalue weighted by molar-refractivity contribution is 7.71. The van der Waals surface area contributed by atoms with E-state index in [1.54, 1.807) is 0 Å². The molecule has 3 rings (SSSR count). The second-order valence-corrected chi connectivity index (χ2v) is 5.07. The molecule has 5 heteroatoms. The van der Waals surface area contributed by atoms with Crippen molar-refractivity contribution in [1.82, 2.24) is 9.55 Å². The molecule has 100 valence electrons. The maximum atomic E-state index is 5.37. The average Bonchev–Trinajstić information content (AvgIpc) is 2.79. The Bertz CT molecular complexity index is 608. The van der Waals surface area contributed by atoms with Crippen LogP contribution >= 0.6 is 12.2 Å². The Kier molecular flexibility index (Phi) is 3.40. The van der Waals surface area contributed by atoms with Gasteiger partial charge in [-0.25, -0.2) is 0 Å². The quantitative estimate of drug-likeness (QED) is 0.855. The minimum atomic E-state index is 0.733. The molecule has 0 spiro atoms. The summed E-state index contributed by atoms with van der Waals surface area (Å²) in [5.74, 6) is 0. The minimum absolute atomic E-state index is 0.733. The fourth-order valence-electron chi connectivity index (χ4n) is 2.41. The molecule has 1 N–H and O–H groups in total. The number of hydrogen-bond donors (Lipinski definition) is 1. The Morgan fingerprint density at radius 1 is 1.11 bits per heavy atom. The van der Waals surface area contributed by atoms with Crippen molar-refractivity contribution in [3.05, 3.63) is 40.9 Å². The van der Waals surface area contributed by atoms with E-state index in [1.165, 1.54) is 5.69 Å². The zero-order valence-electron chi connectivity index (χ0n) is 10.9. The van der Waals surface area contributed by atoms with Crippen molar-refractivity contribution >= 4 is 17.9 Å². The predicted octanol–water partition coefficient (Wildman–Crippen LogP) is 2.68. The average molecular weight is 275 g/mol. The number of imidazole rings is 1. The molecule has 1 fully saturated rings. The van der Waals surface area contributed by atoms with Gasteiger partial charge in [0, 0.05) is 36.4 Å². The molecule has 0 aliphatic carbocycles. The molecule has 1 aliphatic heterocycles. The predicted molar refractivity (Wildman–Crippen MR) is 78.7 cm³/mol.